The number of pyridine rings is 1. The Kier molecular flexibility index (Phi) is 10.9. The monoisotopic (exact) mass is 1060 g/mol. The Bertz CT molecular complexity index is 3380. The molecule has 0 aliphatic carbocycles. The zero-order chi connectivity index (χ0) is 48.6. The van der Waals surface area contributed by atoms with Gasteiger partial charge >= 0.3 is 0 Å². The van der Waals surface area contributed by atoms with Crippen LogP contribution in [0.1, 0.15) is 88.7 Å². The van der Waals surface area contributed by atoms with Crippen molar-refractivity contribution < 1.29 is 29.9 Å². The van der Waals surface area contributed by atoms with Crippen molar-refractivity contribution in [1.29, 1.82) is 0 Å². The normalized spacial score (nSPS) is 13.8. The Morgan fingerprint density at radius 2 is 1.24 bits per heavy atom. The van der Waals surface area contributed by atoms with Gasteiger partial charge in [0.25, 0.3) is 0 Å². The van der Waals surface area contributed by atoms with Crippen molar-refractivity contribution in [2.75, 3.05) is 9.80 Å². The maximum absolute atomic E-state index is 8.69. The van der Waals surface area contributed by atoms with Crippen LogP contribution >= 0.6 is 0 Å². The number of hydrogen-bond donors (Lipinski definition) is 0. The summed E-state index contributed by atoms with van der Waals surface area (Å²) in [6, 6.07) is 59.0. The first-order valence-corrected chi connectivity index (χ1v) is 22.8. The molecular weight excluding hydrogens is 1000 g/mol. The van der Waals surface area contributed by atoms with Gasteiger partial charge in [0.15, 0.2) is 0 Å². The molecule has 0 saturated carbocycles. The summed E-state index contributed by atoms with van der Waals surface area (Å²) in [5.41, 5.74) is 12.9. The van der Waals surface area contributed by atoms with Crippen molar-refractivity contribution in [3.63, 3.8) is 0 Å². The molecule has 0 bridgehead atoms. The summed E-state index contributed by atoms with van der Waals surface area (Å²) in [6.07, 6.45) is 1.70. The van der Waals surface area contributed by atoms with Gasteiger partial charge in [-0.2, -0.15) is 12.1 Å². The van der Waals surface area contributed by atoms with Gasteiger partial charge in [-0.15, -0.1) is 48.1 Å². The molecule has 5 nitrogen and oxygen atoms in total. The van der Waals surface area contributed by atoms with Gasteiger partial charge in [-0.3, -0.25) is 0 Å². The van der Waals surface area contributed by atoms with Gasteiger partial charge in [0.05, 0.1) is 0 Å². The summed E-state index contributed by atoms with van der Waals surface area (Å²) < 4.78 is 34.7. The smallest absolute Gasteiger partial charge is 0.135 e. The molecule has 0 radical (unpaired) electrons. The minimum absolute atomic E-state index is 0. The summed E-state index contributed by atoms with van der Waals surface area (Å²) in [5.74, 6) is 1.49. The van der Waals surface area contributed by atoms with Crippen molar-refractivity contribution in [3.8, 4) is 39.6 Å². The van der Waals surface area contributed by atoms with Crippen LogP contribution in [0.4, 0.5) is 22.7 Å². The van der Waals surface area contributed by atoms with Gasteiger partial charge in [-0.1, -0.05) is 159 Å². The predicted octanol–water partition coefficient (Wildman–Crippen LogP) is 16.5. The summed E-state index contributed by atoms with van der Waals surface area (Å²) in [4.78, 5) is 9.49. The summed E-state index contributed by atoms with van der Waals surface area (Å²) >= 11 is 0. The number of benzene rings is 7. The van der Waals surface area contributed by atoms with Crippen LogP contribution < -0.4 is 14.5 Å². The number of nitrogens with zero attached hydrogens (tertiary/aromatic N) is 4. The number of rotatable bonds is 7. The van der Waals surface area contributed by atoms with Gasteiger partial charge in [0.1, 0.15) is 5.82 Å². The second-order valence-corrected chi connectivity index (χ2v) is 20.5. The molecule has 2 aromatic heterocycles. The van der Waals surface area contributed by atoms with E-state index in [2.05, 4.69) is 182 Å². The molecule has 3 heterocycles. The number of fused-ring (bicyclic) bond motifs is 4. The second-order valence-electron chi connectivity index (χ2n) is 20.5. The summed E-state index contributed by atoms with van der Waals surface area (Å²) in [7, 11) is 0. The molecule has 6 heteroatoms. The van der Waals surface area contributed by atoms with E-state index in [0.717, 1.165) is 61.3 Å². The fourth-order valence-corrected chi connectivity index (χ4v) is 8.95. The molecule has 1 aliphatic heterocycles. The van der Waals surface area contributed by atoms with Gasteiger partial charge in [-0.05, 0) is 92.2 Å². The molecule has 0 N–H and O–H groups in total. The first-order valence-electron chi connectivity index (χ1n) is 24.3. The Hall–Kier alpha value is -6.42. The van der Waals surface area contributed by atoms with Gasteiger partial charge in [-0.25, -0.2) is 4.98 Å². The molecule has 67 heavy (non-hydrogen) atoms. The van der Waals surface area contributed by atoms with E-state index in [9.17, 15) is 0 Å². The zero-order valence-electron chi connectivity index (χ0n) is 42.6. The van der Waals surface area contributed by atoms with Crippen LogP contribution in [0.15, 0.2) is 158 Å². The van der Waals surface area contributed by atoms with E-state index >= 15 is 0 Å². The second kappa shape index (κ2) is 17.3. The largest absolute Gasteiger partial charge is 0.509 e. The molecule has 9 aromatic rings. The van der Waals surface area contributed by atoms with Crippen molar-refractivity contribution >= 4 is 44.6 Å². The Morgan fingerprint density at radius 3 is 1.97 bits per heavy atom. The standard InChI is InChI=1S/C61H57N4O.Pt/c1-40-31-57(62-38-53(40)42-21-16-22-43(32-42)59(2,3)4)65-54-27-15-14-25-51(54)52-30-29-49(37-56(52)65)66-48-24-17-23-46(36-48)63-39-64(47-34-44(60(5,6)7)33-45(35-47)61(8,9)10)58-50(26-18-28-55(58)63)41-19-12-11-13-20-41;/h11-35,38-39H,1-10H3;/q-3;/i1D3;. The fraction of sp³-hybridized carbons (Fsp3) is 0.213. The molecule has 0 saturated heterocycles. The molecule has 1 aliphatic rings. The number of hydrogen-bond acceptors (Lipinski definition) is 4. The number of aromatic nitrogens is 2. The quantitative estimate of drug-likeness (QED) is 0.149. The Labute approximate surface area is 415 Å². The fourth-order valence-electron chi connectivity index (χ4n) is 8.95. The van der Waals surface area contributed by atoms with Crippen molar-refractivity contribution in [2.24, 2.45) is 0 Å². The van der Waals surface area contributed by atoms with E-state index in [1.54, 1.807) is 12.3 Å². The first-order chi connectivity index (χ1) is 32.7. The molecule has 0 unspecified atom stereocenters. The van der Waals surface area contributed by atoms with Crippen LogP contribution in [0, 0.1) is 25.7 Å². The number of para-hydroxylation sites is 2. The summed E-state index contributed by atoms with van der Waals surface area (Å²) in [5, 5.41) is 1.94. The van der Waals surface area contributed by atoms with Crippen molar-refractivity contribution in [3.05, 3.63) is 199 Å². The number of ether oxygens (including phenoxy) is 1. The predicted molar refractivity (Wildman–Crippen MR) is 276 cm³/mol. The Morgan fingerprint density at radius 1 is 0.567 bits per heavy atom. The zero-order valence-corrected chi connectivity index (χ0v) is 41.9. The first kappa shape index (κ1) is 42.0. The third kappa shape index (κ3) is 8.71. The molecule has 340 valence electrons. The van der Waals surface area contributed by atoms with Crippen LogP contribution in [0.2, 0.25) is 0 Å². The van der Waals surface area contributed by atoms with Gasteiger partial charge in [0.2, 0.25) is 0 Å². The Balaban J connectivity index is 0.00000608. The third-order valence-electron chi connectivity index (χ3n) is 12.7. The van der Waals surface area contributed by atoms with E-state index in [-0.39, 0.29) is 42.9 Å². The molecular formula is C61H57N4OPt-3. The van der Waals surface area contributed by atoms with Crippen molar-refractivity contribution in [1.82, 2.24) is 9.55 Å². The van der Waals surface area contributed by atoms with E-state index in [4.69, 9.17) is 13.8 Å². The van der Waals surface area contributed by atoms with Gasteiger partial charge in [0, 0.05) is 76.6 Å². The van der Waals surface area contributed by atoms with Crippen molar-refractivity contribution in [2.45, 2.75) is 85.4 Å². The number of anilines is 4. The van der Waals surface area contributed by atoms with E-state index in [1.807, 2.05) is 59.2 Å². The molecule has 0 fully saturated rings. The van der Waals surface area contributed by atoms with E-state index in [0.29, 0.717) is 28.4 Å². The molecule has 0 atom stereocenters. The summed E-state index contributed by atoms with van der Waals surface area (Å²) in [6.45, 7) is 19.9. The minimum Gasteiger partial charge on any atom is -0.509 e. The van der Waals surface area contributed by atoms with Crippen LogP contribution in [0.3, 0.4) is 0 Å². The van der Waals surface area contributed by atoms with E-state index in [1.165, 1.54) is 11.1 Å². The average molecular weight is 1060 g/mol. The van der Waals surface area contributed by atoms with Crippen LogP contribution in [0.25, 0.3) is 49.9 Å². The van der Waals surface area contributed by atoms with Crippen LogP contribution in [-0.4, -0.2) is 9.55 Å². The van der Waals surface area contributed by atoms with E-state index < -0.39 is 6.85 Å². The molecule has 0 spiro atoms. The third-order valence-corrected chi connectivity index (χ3v) is 12.7. The van der Waals surface area contributed by atoms with Crippen LogP contribution in [-0.2, 0) is 37.3 Å². The molecule has 10 rings (SSSR count). The number of aryl methyl sites for hydroxylation is 1. The minimum atomic E-state index is -2.40. The van der Waals surface area contributed by atoms with Gasteiger partial charge < -0.3 is 19.1 Å². The maximum atomic E-state index is 8.69. The molecule has 7 aromatic carbocycles. The average Bonchev–Trinajstić information content (AvgIpc) is 3.87. The maximum Gasteiger partial charge on any atom is 0.135 e. The van der Waals surface area contributed by atoms with Crippen LogP contribution in [0.5, 0.6) is 11.5 Å². The molecule has 0 amide bonds. The SMILES string of the molecule is [2H]C([2H])([2H])c1cc(-n2c3[c-]c(Oc4[c-]c(N5[CH-]N(c6cc(C(C)(C)C)cc(C(C)(C)C)c6)c6c(-c7ccccc7)cccc65)ccc4)ccc3c3ccccc32)ncc1-c1cccc(C(C)(C)C)c1.[Pt]. The topological polar surface area (TPSA) is 33.5 Å².